The molecule has 1 saturated carbocycles. The lowest BCUT2D eigenvalue weighted by atomic mass is 9.69. The van der Waals surface area contributed by atoms with E-state index in [2.05, 4.69) is 138 Å². The average Bonchev–Trinajstić information content (AvgIpc) is 2.93. The van der Waals surface area contributed by atoms with E-state index in [1.165, 1.54) is 116 Å². The van der Waals surface area contributed by atoms with E-state index in [9.17, 15) is 0 Å². The Morgan fingerprint density at radius 1 is 0.500 bits per heavy atom. The molecule has 48 heavy (non-hydrogen) atoms. The van der Waals surface area contributed by atoms with Crippen molar-refractivity contribution >= 4 is 9.90 Å². The SMILES string of the molecule is C.C.CC(C)(C)CC1CCCCC1.CCC(CC)(CC)CC(C)(C)C.CCC(CC)CC(C)(C)C.CCCC.CCCCC(C)(C)C.P. The van der Waals surface area contributed by atoms with E-state index >= 15 is 0 Å². The van der Waals surface area contributed by atoms with E-state index in [4.69, 9.17) is 0 Å². The zero-order valence-corrected chi connectivity index (χ0v) is 38.5. The summed E-state index contributed by atoms with van der Waals surface area (Å²) in [6.45, 7) is 46.2. The number of unbranched alkanes of at least 4 members (excludes halogenated alkanes) is 2. The lowest BCUT2D eigenvalue weighted by Gasteiger charge is -2.36. The van der Waals surface area contributed by atoms with Crippen LogP contribution in [-0.4, -0.2) is 0 Å². The van der Waals surface area contributed by atoms with Crippen LogP contribution in [-0.2, 0) is 0 Å². The molecule has 1 fully saturated rings. The third kappa shape index (κ3) is 50.8. The standard InChI is InChI=1S/C12H26.C11H22.C10H22.C8H18.C4H10.2CH4.H3P/c1-7-12(8-2,9-3)10-11(4,5)6;1-11(2,3)9-10-7-5-4-6-8-10;1-6-9(7-2)8-10(3,4)5;1-5-6-7-8(2,3)4;1-3-4-2;;;/h7-10H2,1-6H3;10H,4-9H2,1-3H3;9H,6-8H2,1-5H3;5-7H2,1-4H3;3-4H2,1-2H3;2*1H4;1H3. The fourth-order valence-corrected chi connectivity index (χ4v) is 6.66. The van der Waals surface area contributed by atoms with Gasteiger partial charge in [0.15, 0.2) is 0 Å². The molecule has 0 aromatic carbocycles. The Morgan fingerprint density at radius 2 is 0.896 bits per heavy atom. The molecule has 1 aliphatic rings. The van der Waals surface area contributed by atoms with Gasteiger partial charge in [0, 0.05) is 0 Å². The Hall–Kier alpha value is 0.430. The van der Waals surface area contributed by atoms with Crippen molar-refractivity contribution in [3.05, 3.63) is 0 Å². The number of hydrogen-bond donors (Lipinski definition) is 0. The van der Waals surface area contributed by atoms with Crippen LogP contribution in [0.4, 0.5) is 0 Å². The summed E-state index contributed by atoms with van der Waals surface area (Å²) in [5.74, 6) is 1.99. The predicted molar refractivity (Wildman–Crippen MR) is 240 cm³/mol. The highest BCUT2D eigenvalue weighted by atomic mass is 31.0. The summed E-state index contributed by atoms with van der Waals surface area (Å²) < 4.78 is 0. The summed E-state index contributed by atoms with van der Waals surface area (Å²) in [7, 11) is 0. The first-order valence-electron chi connectivity index (χ1n) is 20.4. The van der Waals surface area contributed by atoms with Gasteiger partial charge in [0.25, 0.3) is 0 Å². The molecule has 0 amide bonds. The maximum absolute atomic E-state index is 2.36. The van der Waals surface area contributed by atoms with Crippen molar-refractivity contribution in [3.8, 4) is 0 Å². The van der Waals surface area contributed by atoms with Crippen LogP contribution >= 0.6 is 9.90 Å². The lowest BCUT2D eigenvalue weighted by Crippen LogP contribution is -2.24. The first kappa shape index (κ1) is 63.5. The van der Waals surface area contributed by atoms with E-state index in [0.717, 1.165) is 11.8 Å². The molecule has 0 bridgehead atoms. The zero-order valence-electron chi connectivity index (χ0n) is 37.1. The van der Waals surface area contributed by atoms with Crippen LogP contribution in [0.15, 0.2) is 0 Å². The molecule has 1 aliphatic carbocycles. The third-order valence-electron chi connectivity index (χ3n) is 9.62. The van der Waals surface area contributed by atoms with Gasteiger partial charge in [-0.25, -0.2) is 0 Å². The van der Waals surface area contributed by atoms with Crippen LogP contribution in [0.3, 0.4) is 0 Å². The summed E-state index contributed by atoms with van der Waals surface area (Å²) in [4.78, 5) is 0. The van der Waals surface area contributed by atoms with Gasteiger partial charge in [0.2, 0.25) is 0 Å². The molecule has 0 aliphatic heterocycles. The maximum Gasteiger partial charge on any atom is -0.0300 e. The molecule has 0 heterocycles. The second kappa shape index (κ2) is 34.5. The molecule has 0 aromatic rings. The number of rotatable bonds is 11. The molecule has 0 N–H and O–H groups in total. The van der Waals surface area contributed by atoms with Crippen molar-refractivity contribution < 1.29 is 0 Å². The monoisotopic (exact) mass is 705 g/mol. The zero-order chi connectivity index (χ0) is 36.4. The molecule has 0 radical (unpaired) electrons. The Morgan fingerprint density at radius 3 is 1.06 bits per heavy atom. The molecule has 0 spiro atoms. The summed E-state index contributed by atoms with van der Waals surface area (Å²) in [6, 6.07) is 0. The molecule has 1 unspecified atom stereocenters. The highest BCUT2D eigenvalue weighted by molar-refractivity contribution is 6.92. The number of hydrogen-bond acceptors (Lipinski definition) is 0. The van der Waals surface area contributed by atoms with E-state index in [1.54, 1.807) is 0 Å². The molecular formula is C47H109P. The summed E-state index contributed by atoms with van der Waals surface area (Å²) >= 11 is 0. The van der Waals surface area contributed by atoms with Gasteiger partial charge in [-0.05, 0) is 64.6 Å². The van der Waals surface area contributed by atoms with Crippen LogP contribution < -0.4 is 0 Å². The van der Waals surface area contributed by atoms with Gasteiger partial charge in [-0.15, -0.1) is 0 Å². The van der Waals surface area contributed by atoms with Crippen LogP contribution in [0.25, 0.3) is 0 Å². The van der Waals surface area contributed by atoms with Crippen molar-refractivity contribution in [2.75, 3.05) is 0 Å². The smallest absolute Gasteiger partial charge is 0.0300 e. The van der Waals surface area contributed by atoms with Crippen molar-refractivity contribution in [2.45, 2.75) is 269 Å². The van der Waals surface area contributed by atoms with Crippen LogP contribution in [0.2, 0.25) is 0 Å². The lowest BCUT2D eigenvalue weighted by molar-refractivity contribution is 0.149. The fraction of sp³-hybridized carbons (Fsp3) is 1.00. The van der Waals surface area contributed by atoms with E-state index in [-0.39, 0.29) is 24.8 Å². The molecule has 1 rings (SSSR count). The van der Waals surface area contributed by atoms with E-state index in [1.807, 2.05) is 0 Å². The summed E-state index contributed by atoms with van der Waals surface area (Å²) in [6.07, 6.45) is 25.0. The van der Waals surface area contributed by atoms with Gasteiger partial charge < -0.3 is 0 Å². The molecule has 0 aromatic heterocycles. The highest BCUT2D eigenvalue weighted by Crippen LogP contribution is 2.41. The molecule has 0 saturated heterocycles. The van der Waals surface area contributed by atoms with Crippen molar-refractivity contribution in [2.24, 2.45) is 38.9 Å². The van der Waals surface area contributed by atoms with Gasteiger partial charge >= 0.3 is 0 Å². The average molecular weight is 705 g/mol. The Kier molecular flexibility index (Phi) is 45.6. The second-order valence-corrected chi connectivity index (χ2v) is 19.7. The first-order valence-corrected chi connectivity index (χ1v) is 20.4. The Bertz CT molecular complexity index is 564. The van der Waals surface area contributed by atoms with Gasteiger partial charge in [0.1, 0.15) is 0 Å². The minimum absolute atomic E-state index is 0. The first-order chi connectivity index (χ1) is 20.4. The van der Waals surface area contributed by atoms with Crippen LogP contribution in [0.5, 0.6) is 0 Å². The fourth-order valence-electron chi connectivity index (χ4n) is 6.66. The van der Waals surface area contributed by atoms with Crippen LogP contribution in [0, 0.1) is 38.9 Å². The highest BCUT2D eigenvalue weighted by Gasteiger charge is 2.29. The van der Waals surface area contributed by atoms with Gasteiger partial charge in [-0.2, -0.15) is 9.90 Å². The molecule has 1 atom stereocenters. The Balaban J connectivity index is -0.0000000888. The topological polar surface area (TPSA) is 0 Å². The molecular weight excluding hydrogens is 595 g/mol. The van der Waals surface area contributed by atoms with Crippen LogP contribution in [0.1, 0.15) is 269 Å². The summed E-state index contributed by atoms with van der Waals surface area (Å²) in [5.41, 5.74) is 2.73. The van der Waals surface area contributed by atoms with Crippen molar-refractivity contribution in [3.63, 3.8) is 0 Å². The molecule has 1 heteroatoms. The normalized spacial score (nSPS) is 13.7. The van der Waals surface area contributed by atoms with Crippen molar-refractivity contribution in [1.29, 1.82) is 0 Å². The Labute approximate surface area is 316 Å². The second-order valence-electron chi connectivity index (χ2n) is 19.7. The largest absolute Gasteiger partial charge is 0.153 e. The van der Waals surface area contributed by atoms with E-state index in [0.29, 0.717) is 27.1 Å². The van der Waals surface area contributed by atoms with E-state index < -0.39 is 0 Å². The maximum atomic E-state index is 2.36. The van der Waals surface area contributed by atoms with Gasteiger partial charge in [-0.3, -0.25) is 0 Å². The van der Waals surface area contributed by atoms with Gasteiger partial charge in [-0.1, -0.05) is 243 Å². The van der Waals surface area contributed by atoms with Crippen molar-refractivity contribution in [1.82, 2.24) is 0 Å². The molecule has 0 nitrogen and oxygen atoms in total. The third-order valence-corrected chi connectivity index (χ3v) is 9.62. The minimum Gasteiger partial charge on any atom is -0.153 e. The quantitative estimate of drug-likeness (QED) is 0.188. The van der Waals surface area contributed by atoms with Gasteiger partial charge in [0.05, 0.1) is 0 Å². The molecule has 302 valence electrons. The predicted octanol–water partition coefficient (Wildman–Crippen LogP) is 18.9. The minimum atomic E-state index is 0. The summed E-state index contributed by atoms with van der Waals surface area (Å²) in [5, 5.41) is 0.